The van der Waals surface area contributed by atoms with Gasteiger partial charge in [-0.05, 0) is 31.9 Å². The van der Waals surface area contributed by atoms with Crippen LogP contribution in [0.3, 0.4) is 0 Å². The zero-order chi connectivity index (χ0) is 14.7. The van der Waals surface area contributed by atoms with Crippen LogP contribution in [0.2, 0.25) is 0 Å². The van der Waals surface area contributed by atoms with Gasteiger partial charge in [0.05, 0.1) is 12.2 Å². The van der Waals surface area contributed by atoms with Crippen molar-refractivity contribution in [2.75, 3.05) is 7.05 Å². The molecule has 21 heavy (non-hydrogen) atoms. The largest absolute Gasteiger partial charge is 0.354 e. The standard InChI is InChI=1S/C16H23N5/c1-12-6-5-9-15-19-14(11-21(12)15)10-18-16(17-2)20-13-7-3-4-8-13/h5-6,9,11,13H,3-4,7-8,10H2,1-2H3,(H2,17,18,20). The number of aliphatic imine (C=N–C) groups is 1. The number of hydrogen-bond donors (Lipinski definition) is 2. The molecule has 5 nitrogen and oxygen atoms in total. The van der Waals surface area contributed by atoms with Gasteiger partial charge in [0.1, 0.15) is 5.65 Å². The summed E-state index contributed by atoms with van der Waals surface area (Å²) in [6.45, 7) is 2.78. The average Bonchev–Trinajstić information content (AvgIpc) is 3.13. The van der Waals surface area contributed by atoms with Crippen molar-refractivity contribution < 1.29 is 0 Å². The minimum Gasteiger partial charge on any atom is -0.354 e. The first-order chi connectivity index (χ1) is 10.3. The Hall–Kier alpha value is -2.04. The second-order valence-electron chi connectivity index (χ2n) is 5.68. The van der Waals surface area contributed by atoms with Crippen LogP contribution in [-0.4, -0.2) is 28.4 Å². The van der Waals surface area contributed by atoms with Gasteiger partial charge in [-0.1, -0.05) is 18.9 Å². The van der Waals surface area contributed by atoms with Crippen LogP contribution in [0.15, 0.2) is 29.4 Å². The number of aromatic nitrogens is 2. The van der Waals surface area contributed by atoms with E-state index in [4.69, 9.17) is 0 Å². The van der Waals surface area contributed by atoms with Crippen LogP contribution in [0, 0.1) is 6.92 Å². The number of hydrogen-bond acceptors (Lipinski definition) is 2. The maximum absolute atomic E-state index is 4.63. The quantitative estimate of drug-likeness (QED) is 0.672. The van der Waals surface area contributed by atoms with E-state index in [2.05, 4.69) is 44.2 Å². The highest BCUT2D eigenvalue weighted by molar-refractivity contribution is 5.79. The van der Waals surface area contributed by atoms with Gasteiger partial charge < -0.3 is 15.0 Å². The van der Waals surface area contributed by atoms with Crippen LogP contribution in [0.4, 0.5) is 0 Å². The molecule has 5 heteroatoms. The zero-order valence-corrected chi connectivity index (χ0v) is 12.8. The molecule has 0 aromatic carbocycles. The van der Waals surface area contributed by atoms with Crippen molar-refractivity contribution in [3.05, 3.63) is 35.8 Å². The fourth-order valence-electron chi connectivity index (χ4n) is 2.92. The van der Waals surface area contributed by atoms with Crippen molar-refractivity contribution in [3.63, 3.8) is 0 Å². The molecule has 112 valence electrons. The number of fused-ring (bicyclic) bond motifs is 1. The van der Waals surface area contributed by atoms with Gasteiger partial charge >= 0.3 is 0 Å². The van der Waals surface area contributed by atoms with E-state index >= 15 is 0 Å². The minimum absolute atomic E-state index is 0.569. The molecule has 2 heterocycles. The Bertz CT molecular complexity index is 637. The zero-order valence-electron chi connectivity index (χ0n) is 12.8. The predicted octanol–water partition coefficient (Wildman–Crippen LogP) is 2.25. The molecule has 1 fully saturated rings. The number of rotatable bonds is 3. The van der Waals surface area contributed by atoms with E-state index in [0.29, 0.717) is 12.6 Å². The van der Waals surface area contributed by atoms with Gasteiger partial charge in [0.2, 0.25) is 0 Å². The lowest BCUT2D eigenvalue weighted by Crippen LogP contribution is -2.41. The molecule has 0 amide bonds. The molecule has 2 aromatic rings. The van der Waals surface area contributed by atoms with E-state index in [0.717, 1.165) is 17.3 Å². The lowest BCUT2D eigenvalue weighted by molar-refractivity contribution is 0.613. The summed E-state index contributed by atoms with van der Waals surface area (Å²) in [5, 5.41) is 6.84. The van der Waals surface area contributed by atoms with Gasteiger partial charge in [0, 0.05) is 25.0 Å². The Morgan fingerprint density at radius 2 is 2.19 bits per heavy atom. The lowest BCUT2D eigenvalue weighted by atomic mass is 10.2. The van der Waals surface area contributed by atoms with Crippen molar-refractivity contribution in [2.24, 2.45) is 4.99 Å². The summed E-state index contributed by atoms with van der Waals surface area (Å²) in [4.78, 5) is 8.93. The van der Waals surface area contributed by atoms with Gasteiger partial charge in [-0.15, -0.1) is 0 Å². The highest BCUT2D eigenvalue weighted by Gasteiger charge is 2.15. The summed E-state index contributed by atoms with van der Waals surface area (Å²) in [5.74, 6) is 0.871. The van der Waals surface area contributed by atoms with E-state index in [1.54, 1.807) is 0 Å². The van der Waals surface area contributed by atoms with Gasteiger partial charge in [0.15, 0.2) is 5.96 Å². The molecular formula is C16H23N5. The van der Waals surface area contributed by atoms with Crippen LogP contribution < -0.4 is 10.6 Å². The van der Waals surface area contributed by atoms with Crippen molar-refractivity contribution >= 4 is 11.6 Å². The third-order valence-corrected chi connectivity index (χ3v) is 4.10. The molecule has 0 atom stereocenters. The summed E-state index contributed by atoms with van der Waals surface area (Å²) in [6, 6.07) is 6.73. The molecule has 2 N–H and O–H groups in total. The first-order valence-corrected chi connectivity index (χ1v) is 7.67. The Morgan fingerprint density at radius 3 is 2.90 bits per heavy atom. The van der Waals surface area contributed by atoms with Gasteiger partial charge in [-0.2, -0.15) is 0 Å². The number of imidazole rings is 1. The summed E-state index contributed by atoms with van der Waals surface area (Å²) in [7, 11) is 1.82. The molecule has 1 saturated carbocycles. The van der Waals surface area contributed by atoms with Gasteiger partial charge in [-0.25, -0.2) is 4.98 Å². The maximum atomic E-state index is 4.63. The van der Waals surface area contributed by atoms with Crippen LogP contribution >= 0.6 is 0 Å². The highest BCUT2D eigenvalue weighted by Crippen LogP contribution is 2.17. The molecule has 0 bridgehead atoms. The lowest BCUT2D eigenvalue weighted by Gasteiger charge is -2.16. The van der Waals surface area contributed by atoms with Gasteiger partial charge in [0.25, 0.3) is 0 Å². The van der Waals surface area contributed by atoms with Crippen LogP contribution in [0.1, 0.15) is 37.1 Å². The second-order valence-corrected chi connectivity index (χ2v) is 5.68. The predicted molar refractivity (Wildman–Crippen MR) is 85.5 cm³/mol. The Morgan fingerprint density at radius 1 is 1.38 bits per heavy atom. The molecular weight excluding hydrogens is 262 g/mol. The molecule has 0 unspecified atom stereocenters. The first kappa shape index (κ1) is 13.9. The van der Waals surface area contributed by atoms with Crippen molar-refractivity contribution in [1.82, 2.24) is 20.0 Å². The number of guanidine groups is 1. The number of pyridine rings is 1. The fraction of sp³-hybridized carbons (Fsp3) is 0.500. The molecule has 3 rings (SSSR count). The highest BCUT2D eigenvalue weighted by atomic mass is 15.2. The monoisotopic (exact) mass is 285 g/mol. The first-order valence-electron chi connectivity index (χ1n) is 7.67. The van der Waals surface area contributed by atoms with E-state index in [1.807, 2.05) is 19.2 Å². The number of nitrogens with one attached hydrogen (secondary N) is 2. The van der Waals surface area contributed by atoms with E-state index in [1.165, 1.54) is 31.4 Å². The fourth-order valence-corrected chi connectivity index (χ4v) is 2.92. The number of aryl methyl sites for hydroxylation is 1. The van der Waals surface area contributed by atoms with Crippen LogP contribution in [0.25, 0.3) is 5.65 Å². The Balaban J connectivity index is 1.63. The van der Waals surface area contributed by atoms with Crippen LogP contribution in [-0.2, 0) is 6.54 Å². The van der Waals surface area contributed by atoms with Crippen molar-refractivity contribution in [3.8, 4) is 0 Å². The molecule has 1 aliphatic rings. The summed E-state index contributed by atoms with van der Waals surface area (Å²) in [5.41, 5.74) is 3.21. The summed E-state index contributed by atoms with van der Waals surface area (Å²) in [6.07, 6.45) is 7.21. The topological polar surface area (TPSA) is 53.7 Å². The smallest absolute Gasteiger partial charge is 0.191 e. The summed E-state index contributed by atoms with van der Waals surface area (Å²) >= 11 is 0. The second kappa shape index (κ2) is 6.16. The minimum atomic E-state index is 0.569. The van der Waals surface area contributed by atoms with Crippen molar-refractivity contribution in [2.45, 2.75) is 45.2 Å². The van der Waals surface area contributed by atoms with Gasteiger partial charge in [-0.3, -0.25) is 4.99 Å². The Labute approximate surface area is 125 Å². The third kappa shape index (κ3) is 3.17. The average molecular weight is 285 g/mol. The van der Waals surface area contributed by atoms with E-state index in [9.17, 15) is 0 Å². The molecule has 0 spiro atoms. The third-order valence-electron chi connectivity index (χ3n) is 4.10. The van der Waals surface area contributed by atoms with E-state index in [-0.39, 0.29) is 0 Å². The molecule has 2 aromatic heterocycles. The molecule has 1 aliphatic carbocycles. The molecule has 0 aliphatic heterocycles. The maximum Gasteiger partial charge on any atom is 0.191 e. The SMILES string of the molecule is CN=C(NCc1cn2c(C)cccc2n1)NC1CCCC1. The molecule has 0 saturated heterocycles. The van der Waals surface area contributed by atoms with Crippen LogP contribution in [0.5, 0.6) is 0 Å². The Kier molecular flexibility index (Phi) is 4.08. The molecule has 0 radical (unpaired) electrons. The number of nitrogens with zero attached hydrogens (tertiary/aromatic N) is 3. The summed E-state index contributed by atoms with van der Waals surface area (Å²) < 4.78 is 2.12. The normalized spacial score (nSPS) is 16.6. The van der Waals surface area contributed by atoms with E-state index < -0.39 is 0 Å². The van der Waals surface area contributed by atoms with Crippen molar-refractivity contribution in [1.29, 1.82) is 0 Å².